The number of methoxy groups -OCH3 is 1. The molecule has 1 aromatic carbocycles. The van der Waals surface area contributed by atoms with Crippen LogP contribution in [0, 0.1) is 5.82 Å². The van der Waals surface area contributed by atoms with Crippen molar-refractivity contribution in [3.05, 3.63) is 59.5 Å². The average molecular weight is 371 g/mol. The van der Waals surface area contributed by atoms with E-state index in [0.29, 0.717) is 25.5 Å². The summed E-state index contributed by atoms with van der Waals surface area (Å²) in [5, 5.41) is 6.75. The number of nitrogens with zero attached hydrogens (tertiary/aromatic N) is 3. The summed E-state index contributed by atoms with van der Waals surface area (Å²) in [5.41, 5.74) is 2.31. The number of halogens is 1. The van der Waals surface area contributed by atoms with E-state index in [-0.39, 0.29) is 11.9 Å². The number of ether oxygens (including phenoxy) is 1. The maximum Gasteiger partial charge on any atom is 0.191 e. The van der Waals surface area contributed by atoms with Crippen LogP contribution in [0.5, 0.6) is 0 Å². The second-order valence-corrected chi connectivity index (χ2v) is 6.56. The molecule has 1 aliphatic rings. The number of anilines is 1. The second-order valence-electron chi connectivity index (χ2n) is 6.56. The third kappa shape index (κ3) is 5.17. The van der Waals surface area contributed by atoms with E-state index in [4.69, 9.17) is 4.74 Å². The SMILES string of the molecule is CN=C(NCc1cccc(COC)c1)NC1CCN(c2ncccc2F)C1. The van der Waals surface area contributed by atoms with E-state index < -0.39 is 0 Å². The lowest BCUT2D eigenvalue weighted by Gasteiger charge is -2.20. The van der Waals surface area contributed by atoms with Crippen molar-refractivity contribution in [2.45, 2.75) is 25.6 Å². The molecule has 0 amide bonds. The van der Waals surface area contributed by atoms with Crippen molar-refractivity contribution in [1.29, 1.82) is 0 Å². The van der Waals surface area contributed by atoms with Crippen LogP contribution in [-0.4, -0.2) is 44.2 Å². The molecule has 2 heterocycles. The van der Waals surface area contributed by atoms with Crippen molar-refractivity contribution in [3.63, 3.8) is 0 Å². The van der Waals surface area contributed by atoms with Crippen LogP contribution in [0.1, 0.15) is 17.5 Å². The molecule has 1 saturated heterocycles. The predicted molar refractivity (Wildman–Crippen MR) is 105 cm³/mol. The summed E-state index contributed by atoms with van der Waals surface area (Å²) in [5.74, 6) is 0.872. The summed E-state index contributed by atoms with van der Waals surface area (Å²) >= 11 is 0. The molecule has 0 bridgehead atoms. The largest absolute Gasteiger partial charge is 0.380 e. The van der Waals surface area contributed by atoms with Gasteiger partial charge in [0.25, 0.3) is 0 Å². The van der Waals surface area contributed by atoms with Gasteiger partial charge in [-0.2, -0.15) is 0 Å². The molecule has 0 radical (unpaired) electrons. The first kappa shape index (κ1) is 19.1. The molecule has 1 atom stereocenters. The lowest BCUT2D eigenvalue weighted by molar-refractivity contribution is 0.185. The summed E-state index contributed by atoms with van der Waals surface area (Å²) < 4.78 is 19.1. The van der Waals surface area contributed by atoms with Crippen molar-refractivity contribution >= 4 is 11.8 Å². The molecule has 1 fully saturated rings. The van der Waals surface area contributed by atoms with Crippen LogP contribution in [0.4, 0.5) is 10.2 Å². The minimum Gasteiger partial charge on any atom is -0.380 e. The van der Waals surface area contributed by atoms with Crippen molar-refractivity contribution in [2.24, 2.45) is 4.99 Å². The first-order valence-corrected chi connectivity index (χ1v) is 9.09. The monoisotopic (exact) mass is 371 g/mol. The normalized spacial score (nSPS) is 17.2. The van der Waals surface area contributed by atoms with Gasteiger partial charge in [0.1, 0.15) is 0 Å². The van der Waals surface area contributed by atoms with Gasteiger partial charge in [-0.1, -0.05) is 24.3 Å². The summed E-state index contributed by atoms with van der Waals surface area (Å²) in [6.07, 6.45) is 2.53. The molecule has 0 saturated carbocycles. The molecule has 0 aliphatic carbocycles. The Kier molecular flexibility index (Phi) is 6.59. The van der Waals surface area contributed by atoms with E-state index in [0.717, 1.165) is 30.1 Å². The smallest absolute Gasteiger partial charge is 0.191 e. The van der Waals surface area contributed by atoms with Gasteiger partial charge in [-0.25, -0.2) is 9.37 Å². The highest BCUT2D eigenvalue weighted by Gasteiger charge is 2.25. The van der Waals surface area contributed by atoms with Gasteiger partial charge in [0.2, 0.25) is 0 Å². The van der Waals surface area contributed by atoms with Crippen molar-refractivity contribution in [3.8, 4) is 0 Å². The Bertz CT molecular complexity index is 782. The number of aromatic nitrogens is 1. The molecule has 1 aromatic heterocycles. The molecule has 2 N–H and O–H groups in total. The summed E-state index contributed by atoms with van der Waals surface area (Å²) in [6.45, 7) is 2.73. The molecule has 2 aromatic rings. The molecule has 1 unspecified atom stereocenters. The highest BCUT2D eigenvalue weighted by Crippen LogP contribution is 2.20. The van der Waals surface area contributed by atoms with Crippen LogP contribution in [0.25, 0.3) is 0 Å². The maximum atomic E-state index is 13.9. The van der Waals surface area contributed by atoms with Crippen molar-refractivity contribution < 1.29 is 9.13 Å². The second kappa shape index (κ2) is 9.32. The minimum atomic E-state index is -0.281. The van der Waals surface area contributed by atoms with Gasteiger partial charge in [0.15, 0.2) is 17.6 Å². The van der Waals surface area contributed by atoms with Gasteiger partial charge < -0.3 is 20.3 Å². The van der Waals surface area contributed by atoms with Crippen LogP contribution in [-0.2, 0) is 17.9 Å². The fraction of sp³-hybridized carbons (Fsp3) is 0.400. The Morgan fingerprint density at radius 1 is 1.33 bits per heavy atom. The van der Waals surface area contributed by atoms with Gasteiger partial charge in [-0.3, -0.25) is 4.99 Å². The van der Waals surface area contributed by atoms with Gasteiger partial charge in [-0.15, -0.1) is 0 Å². The number of nitrogens with one attached hydrogen (secondary N) is 2. The van der Waals surface area contributed by atoms with E-state index in [1.165, 1.54) is 6.07 Å². The van der Waals surface area contributed by atoms with E-state index in [1.807, 2.05) is 17.0 Å². The Morgan fingerprint density at radius 3 is 2.96 bits per heavy atom. The van der Waals surface area contributed by atoms with E-state index in [1.54, 1.807) is 26.4 Å². The number of pyridine rings is 1. The van der Waals surface area contributed by atoms with Crippen molar-refractivity contribution in [1.82, 2.24) is 15.6 Å². The van der Waals surface area contributed by atoms with Crippen molar-refractivity contribution in [2.75, 3.05) is 32.1 Å². The Hall–Kier alpha value is -2.67. The summed E-state index contributed by atoms with van der Waals surface area (Å²) in [6, 6.07) is 11.5. The van der Waals surface area contributed by atoms with Gasteiger partial charge in [0, 0.05) is 46.0 Å². The minimum absolute atomic E-state index is 0.192. The van der Waals surface area contributed by atoms with Gasteiger partial charge in [0.05, 0.1) is 6.61 Å². The summed E-state index contributed by atoms with van der Waals surface area (Å²) in [4.78, 5) is 10.4. The molecule has 6 nitrogen and oxygen atoms in total. The highest BCUT2D eigenvalue weighted by molar-refractivity contribution is 5.80. The van der Waals surface area contributed by atoms with E-state index in [9.17, 15) is 4.39 Å². The van der Waals surface area contributed by atoms with Crippen LogP contribution < -0.4 is 15.5 Å². The molecule has 7 heteroatoms. The number of rotatable bonds is 6. The molecule has 0 spiro atoms. The molecular formula is C20H26FN5O. The number of hydrogen-bond donors (Lipinski definition) is 2. The van der Waals surface area contributed by atoms with Crippen LogP contribution in [0.2, 0.25) is 0 Å². The molecule has 3 rings (SSSR count). The Labute approximate surface area is 159 Å². The van der Waals surface area contributed by atoms with Crippen LogP contribution >= 0.6 is 0 Å². The fourth-order valence-electron chi connectivity index (χ4n) is 3.25. The highest BCUT2D eigenvalue weighted by atomic mass is 19.1. The van der Waals surface area contributed by atoms with Crippen LogP contribution in [0.15, 0.2) is 47.6 Å². The zero-order chi connectivity index (χ0) is 19.1. The molecule has 144 valence electrons. The molecule has 1 aliphatic heterocycles. The van der Waals surface area contributed by atoms with E-state index in [2.05, 4.69) is 32.7 Å². The first-order chi connectivity index (χ1) is 13.2. The predicted octanol–water partition coefficient (Wildman–Crippen LogP) is 2.31. The zero-order valence-corrected chi connectivity index (χ0v) is 15.8. The molecular weight excluding hydrogens is 345 g/mol. The quantitative estimate of drug-likeness (QED) is 0.603. The van der Waals surface area contributed by atoms with Crippen LogP contribution in [0.3, 0.4) is 0 Å². The van der Waals surface area contributed by atoms with Gasteiger partial charge in [-0.05, 0) is 29.7 Å². The first-order valence-electron chi connectivity index (χ1n) is 9.09. The number of guanidine groups is 1. The third-order valence-electron chi connectivity index (χ3n) is 4.55. The summed E-state index contributed by atoms with van der Waals surface area (Å²) in [7, 11) is 3.44. The molecule has 27 heavy (non-hydrogen) atoms. The Balaban J connectivity index is 1.52. The number of hydrogen-bond acceptors (Lipinski definition) is 4. The van der Waals surface area contributed by atoms with E-state index >= 15 is 0 Å². The maximum absolute atomic E-state index is 13.9. The average Bonchev–Trinajstić information content (AvgIpc) is 3.14. The number of benzene rings is 1. The number of aliphatic imine (C=N–C) groups is 1. The van der Waals surface area contributed by atoms with Gasteiger partial charge >= 0.3 is 0 Å². The fourth-order valence-corrected chi connectivity index (χ4v) is 3.25. The lowest BCUT2D eigenvalue weighted by Crippen LogP contribution is -2.44. The standard InChI is InChI=1S/C20H26FN5O/c1-22-20(24-12-15-5-3-6-16(11-15)14-27-2)25-17-8-10-26(13-17)19-18(21)7-4-9-23-19/h3-7,9,11,17H,8,10,12-14H2,1-2H3,(H2,22,24,25). The Morgan fingerprint density at radius 2 is 2.19 bits per heavy atom. The lowest BCUT2D eigenvalue weighted by atomic mass is 10.1. The zero-order valence-electron chi connectivity index (χ0n) is 15.8. The topological polar surface area (TPSA) is 61.8 Å². The third-order valence-corrected chi connectivity index (χ3v) is 4.55.